The average molecular weight is 419 g/mol. The summed E-state index contributed by atoms with van der Waals surface area (Å²) >= 11 is 12.3. The van der Waals surface area contributed by atoms with Gasteiger partial charge in [-0.1, -0.05) is 35.3 Å². The normalized spacial score (nSPS) is 17.0. The summed E-state index contributed by atoms with van der Waals surface area (Å²) in [5.41, 5.74) is 2.10. The largest absolute Gasteiger partial charge is 0.430 e. The van der Waals surface area contributed by atoms with E-state index in [1.165, 1.54) is 13.0 Å². The van der Waals surface area contributed by atoms with E-state index in [0.29, 0.717) is 28.0 Å². The number of aryl methyl sites for hydroxylation is 1. The summed E-state index contributed by atoms with van der Waals surface area (Å²) in [6.07, 6.45) is 3.75. The Kier molecular flexibility index (Phi) is 5.82. The van der Waals surface area contributed by atoms with Gasteiger partial charge >= 0.3 is 5.97 Å². The summed E-state index contributed by atoms with van der Waals surface area (Å²) in [5, 5.41) is 5.35. The average Bonchev–Trinajstić information content (AvgIpc) is 2.87. The molecule has 6 nitrogen and oxygen atoms in total. The highest BCUT2D eigenvalue weighted by Crippen LogP contribution is 2.24. The zero-order valence-electron chi connectivity index (χ0n) is 15.1. The van der Waals surface area contributed by atoms with Crippen LogP contribution >= 0.6 is 23.2 Å². The molecule has 0 aliphatic carbocycles. The van der Waals surface area contributed by atoms with Gasteiger partial charge in [-0.2, -0.15) is 5.10 Å². The van der Waals surface area contributed by atoms with Crippen molar-refractivity contribution in [2.45, 2.75) is 20.4 Å². The highest BCUT2D eigenvalue weighted by Gasteiger charge is 2.36. The molecule has 0 saturated heterocycles. The summed E-state index contributed by atoms with van der Waals surface area (Å²) in [6, 6.07) is 7.28. The highest BCUT2D eigenvalue weighted by atomic mass is 35.5. The predicted octanol–water partition coefficient (Wildman–Crippen LogP) is 3.77. The fourth-order valence-electron chi connectivity index (χ4n) is 2.79. The first-order chi connectivity index (χ1) is 13.3. The number of ether oxygens (including phenoxy) is 1. The number of rotatable bonds is 5. The molecule has 2 heterocycles. The fraction of sp³-hybridized carbons (Fsp3) is 0.200. The Labute approximate surface area is 171 Å². The Morgan fingerprint density at radius 3 is 2.54 bits per heavy atom. The first kappa shape index (κ1) is 20.0. The van der Waals surface area contributed by atoms with Crippen molar-refractivity contribution in [3.8, 4) is 0 Å². The van der Waals surface area contributed by atoms with Crippen LogP contribution in [0.2, 0.25) is 10.2 Å². The number of benzene rings is 1. The topological polar surface area (TPSA) is 78.3 Å². The van der Waals surface area contributed by atoms with E-state index < -0.39 is 23.5 Å². The van der Waals surface area contributed by atoms with Crippen LogP contribution in [0.5, 0.6) is 0 Å². The smallest absolute Gasteiger partial charge is 0.329 e. The van der Waals surface area contributed by atoms with Gasteiger partial charge in [0.15, 0.2) is 17.5 Å². The molecule has 1 aromatic carbocycles. The molecule has 1 aliphatic rings. The maximum Gasteiger partial charge on any atom is 0.329 e. The van der Waals surface area contributed by atoms with Crippen molar-refractivity contribution in [1.82, 2.24) is 9.78 Å². The van der Waals surface area contributed by atoms with E-state index in [2.05, 4.69) is 5.10 Å². The molecule has 2 aromatic rings. The Hall–Kier alpha value is -2.70. The lowest BCUT2D eigenvalue weighted by molar-refractivity contribution is -0.151. The minimum atomic E-state index is -1.48. The van der Waals surface area contributed by atoms with Crippen LogP contribution in [0, 0.1) is 12.8 Å². The maximum atomic E-state index is 12.3. The van der Waals surface area contributed by atoms with Gasteiger partial charge in [-0.3, -0.25) is 14.4 Å². The molecule has 0 bridgehead atoms. The molecule has 1 aliphatic heterocycles. The van der Waals surface area contributed by atoms with Crippen LogP contribution < -0.4 is 0 Å². The highest BCUT2D eigenvalue weighted by molar-refractivity contribution is 6.31. The van der Waals surface area contributed by atoms with Crippen molar-refractivity contribution in [2.24, 2.45) is 5.92 Å². The molecule has 28 heavy (non-hydrogen) atoms. The second-order valence-electron chi connectivity index (χ2n) is 6.32. The minimum absolute atomic E-state index is 0.172. The van der Waals surface area contributed by atoms with Crippen LogP contribution in [0.4, 0.5) is 0 Å². The first-order valence-electron chi connectivity index (χ1n) is 8.39. The monoisotopic (exact) mass is 418 g/mol. The SMILES string of the molecule is CC1=CC(=O)C(C(=O)/C=C/c2c(C)nn(Cc3ccc(Cl)cc3)c2Cl)C(=O)O1. The summed E-state index contributed by atoms with van der Waals surface area (Å²) in [6.45, 7) is 3.65. The van der Waals surface area contributed by atoms with E-state index in [9.17, 15) is 14.4 Å². The van der Waals surface area contributed by atoms with Crippen molar-refractivity contribution >= 4 is 46.8 Å². The van der Waals surface area contributed by atoms with Crippen LogP contribution in [-0.2, 0) is 25.7 Å². The molecule has 0 spiro atoms. The van der Waals surface area contributed by atoms with Crippen LogP contribution in [0.25, 0.3) is 6.08 Å². The summed E-state index contributed by atoms with van der Waals surface area (Å²) < 4.78 is 6.46. The van der Waals surface area contributed by atoms with Crippen molar-refractivity contribution in [3.05, 3.63) is 69.2 Å². The number of hydrogen-bond donors (Lipinski definition) is 0. The van der Waals surface area contributed by atoms with Crippen LogP contribution in [-0.4, -0.2) is 27.3 Å². The molecule has 8 heteroatoms. The van der Waals surface area contributed by atoms with Crippen LogP contribution in [0.15, 0.2) is 42.2 Å². The third-order valence-electron chi connectivity index (χ3n) is 4.18. The van der Waals surface area contributed by atoms with Gasteiger partial charge in [-0.25, -0.2) is 4.68 Å². The van der Waals surface area contributed by atoms with Gasteiger partial charge in [0.2, 0.25) is 0 Å². The number of carbonyl (C=O) groups excluding carboxylic acids is 3. The molecular formula is C20H16Cl2N2O4. The maximum absolute atomic E-state index is 12.3. The molecule has 0 amide bonds. The van der Waals surface area contributed by atoms with E-state index in [0.717, 1.165) is 17.7 Å². The molecule has 1 aromatic heterocycles. The summed E-state index contributed by atoms with van der Waals surface area (Å²) in [4.78, 5) is 36.1. The van der Waals surface area contributed by atoms with Crippen LogP contribution in [0.1, 0.15) is 23.7 Å². The molecule has 144 valence electrons. The van der Waals surface area contributed by atoms with E-state index in [-0.39, 0.29) is 5.76 Å². The van der Waals surface area contributed by atoms with E-state index >= 15 is 0 Å². The second-order valence-corrected chi connectivity index (χ2v) is 7.12. The molecular weight excluding hydrogens is 403 g/mol. The lowest BCUT2D eigenvalue weighted by atomic mass is 9.96. The molecule has 0 N–H and O–H groups in total. The Balaban J connectivity index is 1.80. The number of halogens is 2. The van der Waals surface area contributed by atoms with Gasteiger partial charge in [0, 0.05) is 16.7 Å². The van der Waals surface area contributed by atoms with E-state index in [4.69, 9.17) is 27.9 Å². The van der Waals surface area contributed by atoms with E-state index in [1.807, 2.05) is 12.1 Å². The van der Waals surface area contributed by atoms with Crippen molar-refractivity contribution in [2.75, 3.05) is 0 Å². The first-order valence-corrected chi connectivity index (χ1v) is 9.15. The lowest BCUT2D eigenvalue weighted by Gasteiger charge is -2.15. The molecule has 3 rings (SSSR count). The Bertz CT molecular complexity index is 1020. The van der Waals surface area contributed by atoms with Crippen LogP contribution in [0.3, 0.4) is 0 Å². The number of esters is 1. The van der Waals surface area contributed by atoms with Gasteiger partial charge in [-0.15, -0.1) is 0 Å². The van der Waals surface area contributed by atoms with Gasteiger partial charge in [0.25, 0.3) is 0 Å². The zero-order chi connectivity index (χ0) is 20.4. The Morgan fingerprint density at radius 2 is 1.89 bits per heavy atom. The van der Waals surface area contributed by atoms with Gasteiger partial charge < -0.3 is 4.74 Å². The standard InChI is InChI=1S/C20H16Cl2N2O4/c1-11-9-17(26)18(20(27)28-11)16(25)8-7-15-12(2)23-24(19(15)22)10-13-3-5-14(21)6-4-13/h3-9,18H,10H2,1-2H3/b8-7+. The van der Waals surface area contributed by atoms with Crippen molar-refractivity contribution in [3.63, 3.8) is 0 Å². The summed E-state index contributed by atoms with van der Waals surface area (Å²) in [7, 11) is 0. The summed E-state index contributed by atoms with van der Waals surface area (Å²) in [5.74, 6) is -3.45. The van der Waals surface area contributed by atoms with Gasteiger partial charge in [0.1, 0.15) is 10.9 Å². The number of ketones is 2. The predicted molar refractivity (Wildman–Crippen MR) is 105 cm³/mol. The molecule has 1 atom stereocenters. The third kappa shape index (κ3) is 4.24. The number of nitrogens with zero attached hydrogens (tertiary/aromatic N) is 2. The van der Waals surface area contributed by atoms with Gasteiger partial charge in [0.05, 0.1) is 12.2 Å². The zero-order valence-corrected chi connectivity index (χ0v) is 16.6. The van der Waals surface area contributed by atoms with Crippen molar-refractivity contribution in [1.29, 1.82) is 0 Å². The molecule has 0 radical (unpaired) electrons. The minimum Gasteiger partial charge on any atom is -0.430 e. The molecule has 0 saturated carbocycles. The van der Waals surface area contributed by atoms with E-state index in [1.54, 1.807) is 23.7 Å². The quantitative estimate of drug-likeness (QED) is 0.419. The molecule has 0 fully saturated rings. The number of hydrogen-bond acceptors (Lipinski definition) is 5. The number of allylic oxidation sites excluding steroid dienone is 3. The number of carbonyl (C=O) groups is 3. The molecule has 1 unspecified atom stereocenters. The fourth-order valence-corrected chi connectivity index (χ4v) is 3.21. The Morgan fingerprint density at radius 1 is 1.21 bits per heavy atom. The van der Waals surface area contributed by atoms with Gasteiger partial charge in [-0.05, 0) is 43.7 Å². The third-order valence-corrected chi connectivity index (χ3v) is 4.83. The second kappa shape index (κ2) is 8.12. The number of aromatic nitrogens is 2. The lowest BCUT2D eigenvalue weighted by Crippen LogP contribution is -2.34. The van der Waals surface area contributed by atoms with Crippen molar-refractivity contribution < 1.29 is 19.1 Å². The number of cyclic esters (lactones) is 1.